The highest BCUT2D eigenvalue weighted by Crippen LogP contribution is 2.25. The van der Waals surface area contributed by atoms with E-state index in [1.54, 1.807) is 0 Å². The van der Waals surface area contributed by atoms with Gasteiger partial charge in [0.15, 0.2) is 5.65 Å². The molecule has 146 valence electrons. The molecule has 2 aromatic heterocycles. The second kappa shape index (κ2) is 7.79. The highest BCUT2D eigenvalue weighted by molar-refractivity contribution is 5.80. The molecule has 0 radical (unpaired) electrons. The molecule has 0 bridgehead atoms. The minimum atomic E-state index is -0.177. The van der Waals surface area contributed by atoms with Crippen LogP contribution in [-0.2, 0) is 17.6 Å². The van der Waals surface area contributed by atoms with Gasteiger partial charge in [-0.25, -0.2) is 15.0 Å². The second-order valence-electron chi connectivity index (χ2n) is 8.36. The van der Waals surface area contributed by atoms with Crippen molar-refractivity contribution in [2.45, 2.75) is 65.8 Å². The molecule has 0 saturated carbocycles. The first-order valence-corrected chi connectivity index (χ1v) is 10.0. The van der Waals surface area contributed by atoms with E-state index < -0.39 is 0 Å². The number of carbonyl (C=O) groups is 1. The van der Waals surface area contributed by atoms with Crippen LogP contribution in [0.5, 0.6) is 0 Å². The summed E-state index contributed by atoms with van der Waals surface area (Å²) in [6.45, 7) is 12.0. The number of rotatable bonds is 4. The molecule has 1 saturated heterocycles. The Balaban J connectivity index is 1.72. The Kier molecular flexibility index (Phi) is 5.63. The third-order valence-electron chi connectivity index (χ3n) is 5.06. The van der Waals surface area contributed by atoms with Crippen molar-refractivity contribution in [1.29, 1.82) is 0 Å². The van der Waals surface area contributed by atoms with Crippen molar-refractivity contribution in [3.63, 3.8) is 0 Å². The van der Waals surface area contributed by atoms with Gasteiger partial charge in [-0.1, -0.05) is 13.8 Å². The number of aromatic nitrogens is 3. The highest BCUT2D eigenvalue weighted by Gasteiger charge is 2.27. The van der Waals surface area contributed by atoms with Crippen LogP contribution in [0.1, 0.15) is 58.8 Å². The SMILES string of the molecule is CCc1nc2cc(N3CCC(C(=O)NC(C)(C)C)CC3)cnc2nc1CC. The number of piperidine rings is 1. The number of anilines is 1. The van der Waals surface area contributed by atoms with Crippen LogP contribution in [-0.4, -0.2) is 39.5 Å². The van der Waals surface area contributed by atoms with Crippen LogP contribution >= 0.6 is 0 Å². The topological polar surface area (TPSA) is 71.0 Å². The number of carbonyl (C=O) groups excluding carboxylic acids is 1. The van der Waals surface area contributed by atoms with Crippen molar-refractivity contribution in [2.75, 3.05) is 18.0 Å². The molecule has 1 aliphatic heterocycles. The fourth-order valence-corrected chi connectivity index (χ4v) is 3.62. The maximum Gasteiger partial charge on any atom is 0.223 e. The average molecular weight is 370 g/mol. The van der Waals surface area contributed by atoms with Gasteiger partial charge in [0.25, 0.3) is 0 Å². The summed E-state index contributed by atoms with van der Waals surface area (Å²) in [4.78, 5) is 28.7. The van der Waals surface area contributed by atoms with E-state index in [2.05, 4.69) is 40.1 Å². The zero-order valence-electron chi connectivity index (χ0n) is 17.2. The lowest BCUT2D eigenvalue weighted by atomic mass is 9.94. The van der Waals surface area contributed by atoms with Crippen molar-refractivity contribution in [3.05, 3.63) is 23.7 Å². The molecule has 6 heteroatoms. The van der Waals surface area contributed by atoms with Crippen LogP contribution in [0.15, 0.2) is 12.3 Å². The van der Waals surface area contributed by atoms with Gasteiger partial charge in [0.2, 0.25) is 5.91 Å². The number of hydrogen-bond acceptors (Lipinski definition) is 5. The van der Waals surface area contributed by atoms with Crippen molar-refractivity contribution in [2.24, 2.45) is 5.92 Å². The van der Waals surface area contributed by atoms with Gasteiger partial charge in [0, 0.05) is 24.5 Å². The molecule has 1 aliphatic rings. The van der Waals surface area contributed by atoms with Gasteiger partial charge < -0.3 is 10.2 Å². The maximum absolute atomic E-state index is 12.4. The van der Waals surface area contributed by atoms with Crippen LogP contribution in [0.2, 0.25) is 0 Å². The van der Waals surface area contributed by atoms with Crippen molar-refractivity contribution in [1.82, 2.24) is 20.3 Å². The van der Waals surface area contributed by atoms with Crippen LogP contribution in [0.25, 0.3) is 11.2 Å². The largest absolute Gasteiger partial charge is 0.370 e. The molecular formula is C21H31N5O. The first-order valence-electron chi connectivity index (χ1n) is 10.0. The summed E-state index contributed by atoms with van der Waals surface area (Å²) in [5.74, 6) is 0.261. The molecule has 3 heterocycles. The van der Waals surface area contributed by atoms with Crippen molar-refractivity contribution < 1.29 is 4.79 Å². The summed E-state index contributed by atoms with van der Waals surface area (Å²) >= 11 is 0. The van der Waals surface area contributed by atoms with Gasteiger partial charge in [-0.2, -0.15) is 0 Å². The molecule has 0 aliphatic carbocycles. The fourth-order valence-electron chi connectivity index (χ4n) is 3.62. The smallest absolute Gasteiger partial charge is 0.223 e. The number of aryl methyl sites for hydroxylation is 2. The zero-order valence-corrected chi connectivity index (χ0v) is 17.2. The van der Waals surface area contributed by atoms with E-state index in [-0.39, 0.29) is 17.4 Å². The van der Waals surface area contributed by atoms with E-state index in [0.29, 0.717) is 5.65 Å². The van der Waals surface area contributed by atoms with Crippen LogP contribution in [0.3, 0.4) is 0 Å². The monoisotopic (exact) mass is 369 g/mol. The number of fused-ring (bicyclic) bond motifs is 1. The van der Waals surface area contributed by atoms with Gasteiger partial charge in [-0.05, 0) is 52.5 Å². The minimum Gasteiger partial charge on any atom is -0.370 e. The van der Waals surface area contributed by atoms with Gasteiger partial charge in [0.1, 0.15) is 5.52 Å². The lowest BCUT2D eigenvalue weighted by Crippen LogP contribution is -2.47. The van der Waals surface area contributed by atoms with E-state index in [9.17, 15) is 4.79 Å². The molecule has 1 fully saturated rings. The van der Waals surface area contributed by atoms with Gasteiger partial charge >= 0.3 is 0 Å². The van der Waals surface area contributed by atoms with Crippen molar-refractivity contribution >= 4 is 22.8 Å². The first-order chi connectivity index (χ1) is 12.8. The van der Waals surface area contributed by atoms with Crippen LogP contribution in [0.4, 0.5) is 5.69 Å². The Morgan fingerprint density at radius 3 is 2.37 bits per heavy atom. The molecular weight excluding hydrogens is 338 g/mol. The zero-order chi connectivity index (χ0) is 19.6. The first kappa shape index (κ1) is 19.5. The predicted molar refractivity (Wildman–Crippen MR) is 109 cm³/mol. The number of nitrogens with one attached hydrogen (secondary N) is 1. The van der Waals surface area contributed by atoms with E-state index in [1.807, 2.05) is 27.0 Å². The molecule has 1 amide bonds. The van der Waals surface area contributed by atoms with E-state index >= 15 is 0 Å². The van der Waals surface area contributed by atoms with E-state index in [1.165, 1.54) is 0 Å². The van der Waals surface area contributed by atoms with Crippen LogP contribution in [0, 0.1) is 5.92 Å². The number of hydrogen-bond donors (Lipinski definition) is 1. The van der Waals surface area contributed by atoms with Gasteiger partial charge in [-0.3, -0.25) is 4.79 Å². The Morgan fingerprint density at radius 1 is 1.15 bits per heavy atom. The standard InChI is InChI=1S/C21H31N5O/c1-6-16-17(7-2)24-19-18(23-16)12-15(13-22-19)26-10-8-14(9-11-26)20(27)25-21(3,4)5/h12-14H,6-11H2,1-5H3,(H,25,27). The lowest BCUT2D eigenvalue weighted by molar-refractivity contribution is -0.127. The Morgan fingerprint density at radius 2 is 1.78 bits per heavy atom. The summed E-state index contributed by atoms with van der Waals surface area (Å²) in [5.41, 5.74) is 4.56. The summed E-state index contributed by atoms with van der Waals surface area (Å²) in [7, 11) is 0. The molecule has 0 unspecified atom stereocenters. The lowest BCUT2D eigenvalue weighted by Gasteiger charge is -2.34. The third kappa shape index (κ3) is 4.54. The van der Waals surface area contributed by atoms with Crippen LogP contribution < -0.4 is 10.2 Å². The third-order valence-corrected chi connectivity index (χ3v) is 5.06. The van der Waals surface area contributed by atoms with E-state index in [4.69, 9.17) is 4.98 Å². The summed E-state index contributed by atoms with van der Waals surface area (Å²) in [5, 5.41) is 3.10. The molecule has 1 N–H and O–H groups in total. The summed E-state index contributed by atoms with van der Waals surface area (Å²) < 4.78 is 0. The Labute approximate surface area is 161 Å². The average Bonchev–Trinajstić information content (AvgIpc) is 2.65. The van der Waals surface area contributed by atoms with Crippen molar-refractivity contribution in [3.8, 4) is 0 Å². The second-order valence-corrected chi connectivity index (χ2v) is 8.36. The summed E-state index contributed by atoms with van der Waals surface area (Å²) in [6, 6.07) is 2.09. The number of pyridine rings is 1. The minimum absolute atomic E-state index is 0.0903. The Hall–Kier alpha value is -2.24. The predicted octanol–water partition coefficient (Wildman–Crippen LogP) is 3.28. The maximum atomic E-state index is 12.4. The molecule has 6 nitrogen and oxygen atoms in total. The molecule has 3 rings (SSSR count). The van der Waals surface area contributed by atoms with Gasteiger partial charge in [0.05, 0.1) is 23.3 Å². The van der Waals surface area contributed by atoms with E-state index in [0.717, 1.165) is 61.4 Å². The molecule has 0 aromatic carbocycles. The highest BCUT2D eigenvalue weighted by atomic mass is 16.2. The number of nitrogens with zero attached hydrogens (tertiary/aromatic N) is 4. The van der Waals surface area contributed by atoms with Gasteiger partial charge in [-0.15, -0.1) is 0 Å². The molecule has 27 heavy (non-hydrogen) atoms. The normalized spacial score (nSPS) is 16.0. The fraction of sp³-hybridized carbons (Fsp3) is 0.619. The molecule has 0 atom stereocenters. The molecule has 0 spiro atoms. The Bertz CT molecular complexity index is 819. The summed E-state index contributed by atoms with van der Waals surface area (Å²) in [6.07, 6.45) is 5.36. The molecule has 2 aromatic rings. The number of amides is 1. The quantitative estimate of drug-likeness (QED) is 0.895.